The second kappa shape index (κ2) is 6.01. The quantitative estimate of drug-likeness (QED) is 0.382. The third kappa shape index (κ3) is 2.76. The van der Waals surface area contributed by atoms with Gasteiger partial charge in [-0.1, -0.05) is 11.3 Å². The third-order valence-electron chi connectivity index (χ3n) is 3.15. The van der Waals surface area contributed by atoms with E-state index in [9.17, 15) is 14.7 Å². The number of nitrogens with zero attached hydrogens (tertiary/aromatic N) is 3. The molecule has 0 fully saturated rings. The summed E-state index contributed by atoms with van der Waals surface area (Å²) < 4.78 is 25.8. The van der Waals surface area contributed by atoms with Crippen molar-refractivity contribution in [3.05, 3.63) is 34.5 Å². The molecule has 1 aromatic carbocycles. The van der Waals surface area contributed by atoms with Crippen LogP contribution in [0.3, 0.4) is 0 Å². The van der Waals surface area contributed by atoms with E-state index in [0.29, 0.717) is 4.96 Å². The van der Waals surface area contributed by atoms with Crippen molar-refractivity contribution in [1.82, 2.24) is 9.38 Å². The van der Waals surface area contributed by atoms with Gasteiger partial charge in [-0.25, -0.2) is 4.98 Å². The van der Waals surface area contributed by atoms with Crippen molar-refractivity contribution >= 4 is 45.2 Å². The second-order valence-corrected chi connectivity index (χ2v) is 7.57. The summed E-state index contributed by atoms with van der Waals surface area (Å²) in [6, 6.07) is 4.58. The maximum Gasteiger partial charge on any atom is 0.381 e. The highest BCUT2D eigenvalue weighted by molar-refractivity contribution is 7.62. The van der Waals surface area contributed by atoms with Gasteiger partial charge >= 0.3 is 7.60 Å². The lowest BCUT2D eigenvalue weighted by molar-refractivity contribution is -0.384. The molecule has 0 bridgehead atoms. The molecule has 0 aliphatic rings. The molecule has 0 N–H and O–H groups in total. The van der Waals surface area contributed by atoms with Crippen LogP contribution in [0.4, 0.5) is 5.69 Å². The Hall–Kier alpha value is -1.80. The molecule has 0 radical (unpaired) electrons. The number of aromatic nitrogens is 2. The van der Waals surface area contributed by atoms with E-state index in [-0.39, 0.29) is 24.3 Å². The summed E-state index contributed by atoms with van der Waals surface area (Å²) in [5.41, 5.74) is 1.03. The van der Waals surface area contributed by atoms with Gasteiger partial charge in [0.05, 0.1) is 28.4 Å². The number of thiazole rings is 1. The molecule has 0 saturated carbocycles. The van der Waals surface area contributed by atoms with Crippen molar-refractivity contribution in [2.24, 2.45) is 0 Å². The summed E-state index contributed by atoms with van der Waals surface area (Å²) in [6.07, 6.45) is 1.60. The molecule has 0 aliphatic heterocycles. The van der Waals surface area contributed by atoms with Gasteiger partial charge in [0.25, 0.3) is 5.69 Å². The van der Waals surface area contributed by atoms with Crippen molar-refractivity contribution < 1.29 is 18.5 Å². The van der Waals surface area contributed by atoms with Gasteiger partial charge in [0.2, 0.25) is 0 Å². The first-order chi connectivity index (χ1) is 11.0. The number of imidazole rings is 1. The average Bonchev–Trinajstić information content (AvgIpc) is 3.04. The van der Waals surface area contributed by atoms with E-state index >= 15 is 0 Å². The minimum Gasteiger partial charge on any atom is -0.304 e. The number of fused-ring (bicyclic) bond motifs is 3. The SMILES string of the molecule is CCOP(=O)(OCC)c1cn2c(n1)sc1cc([N+](=O)[O-])ccc12. The van der Waals surface area contributed by atoms with Crippen LogP contribution in [-0.4, -0.2) is 27.5 Å². The fraction of sp³-hybridized carbons (Fsp3) is 0.308. The number of hydrogen-bond acceptors (Lipinski definition) is 7. The molecule has 3 aromatic rings. The number of hydrogen-bond donors (Lipinski definition) is 0. The van der Waals surface area contributed by atoms with Crippen molar-refractivity contribution in [2.75, 3.05) is 13.2 Å². The van der Waals surface area contributed by atoms with Gasteiger partial charge in [-0.3, -0.25) is 19.1 Å². The van der Waals surface area contributed by atoms with Crippen molar-refractivity contribution in [3.63, 3.8) is 0 Å². The molecular weight excluding hydrogens is 341 g/mol. The van der Waals surface area contributed by atoms with Crippen LogP contribution >= 0.6 is 18.9 Å². The fourth-order valence-electron chi connectivity index (χ4n) is 2.23. The summed E-state index contributed by atoms with van der Waals surface area (Å²) in [7, 11) is -3.45. The molecule has 0 unspecified atom stereocenters. The van der Waals surface area contributed by atoms with Crippen LogP contribution in [0.15, 0.2) is 24.4 Å². The molecule has 0 saturated heterocycles. The van der Waals surface area contributed by atoms with Crippen LogP contribution in [0.1, 0.15) is 13.8 Å². The topological polar surface area (TPSA) is 96.0 Å². The predicted molar refractivity (Wildman–Crippen MR) is 87.7 cm³/mol. The van der Waals surface area contributed by atoms with E-state index < -0.39 is 12.5 Å². The molecule has 8 nitrogen and oxygen atoms in total. The smallest absolute Gasteiger partial charge is 0.304 e. The minimum atomic E-state index is -3.45. The van der Waals surface area contributed by atoms with E-state index in [2.05, 4.69) is 4.98 Å². The Morgan fingerprint density at radius 3 is 2.65 bits per heavy atom. The maximum atomic E-state index is 12.8. The molecular formula is C13H14N3O5PS. The minimum absolute atomic E-state index is 0.0246. The normalized spacial score (nSPS) is 12.3. The summed E-state index contributed by atoms with van der Waals surface area (Å²) in [4.78, 5) is 15.3. The molecule has 10 heteroatoms. The summed E-state index contributed by atoms with van der Waals surface area (Å²) in [5.74, 6) is 0. The highest BCUT2D eigenvalue weighted by Crippen LogP contribution is 2.46. The molecule has 0 atom stereocenters. The Morgan fingerprint density at radius 2 is 2.04 bits per heavy atom. The Balaban J connectivity index is 2.12. The van der Waals surface area contributed by atoms with Crippen LogP contribution in [0.2, 0.25) is 0 Å². The molecule has 2 aromatic heterocycles. The van der Waals surface area contributed by atoms with Crippen LogP contribution < -0.4 is 5.44 Å². The van der Waals surface area contributed by atoms with Gasteiger partial charge in [-0.2, -0.15) is 0 Å². The van der Waals surface area contributed by atoms with E-state index in [1.54, 1.807) is 30.5 Å². The van der Waals surface area contributed by atoms with E-state index in [1.165, 1.54) is 23.5 Å². The van der Waals surface area contributed by atoms with Gasteiger partial charge < -0.3 is 9.05 Å². The average molecular weight is 355 g/mol. The number of nitro benzene ring substituents is 1. The van der Waals surface area contributed by atoms with Crippen LogP contribution in [-0.2, 0) is 13.6 Å². The maximum absolute atomic E-state index is 12.8. The predicted octanol–water partition coefficient (Wildman–Crippen LogP) is 3.35. The molecule has 2 heterocycles. The van der Waals surface area contributed by atoms with E-state index in [0.717, 1.165) is 10.2 Å². The number of non-ortho nitro benzene ring substituents is 1. The van der Waals surface area contributed by atoms with Crippen molar-refractivity contribution in [3.8, 4) is 0 Å². The first kappa shape index (κ1) is 16.1. The third-order valence-corrected chi connectivity index (χ3v) is 6.14. The first-order valence-corrected chi connectivity index (χ1v) is 9.30. The summed E-state index contributed by atoms with van der Waals surface area (Å²) in [5, 5.41) is 10.8. The Morgan fingerprint density at radius 1 is 1.35 bits per heavy atom. The molecule has 0 amide bonds. The molecule has 0 spiro atoms. The molecule has 122 valence electrons. The van der Waals surface area contributed by atoms with Gasteiger partial charge in [-0.15, -0.1) is 0 Å². The lowest BCUT2D eigenvalue weighted by atomic mass is 10.3. The van der Waals surface area contributed by atoms with Crippen molar-refractivity contribution in [2.45, 2.75) is 13.8 Å². The molecule has 0 aliphatic carbocycles. The van der Waals surface area contributed by atoms with Gasteiger partial charge in [0.15, 0.2) is 10.4 Å². The highest BCUT2D eigenvalue weighted by Gasteiger charge is 2.31. The summed E-state index contributed by atoms with van der Waals surface area (Å²) in [6.45, 7) is 3.96. The lowest BCUT2D eigenvalue weighted by Crippen LogP contribution is -2.11. The largest absolute Gasteiger partial charge is 0.381 e. The Kier molecular flexibility index (Phi) is 4.20. The van der Waals surface area contributed by atoms with E-state index in [1.807, 2.05) is 0 Å². The number of benzene rings is 1. The van der Waals surface area contributed by atoms with Crippen LogP contribution in [0, 0.1) is 10.1 Å². The Bertz CT molecular complexity index is 924. The van der Waals surface area contributed by atoms with Crippen LogP contribution in [0.5, 0.6) is 0 Å². The zero-order valence-electron chi connectivity index (χ0n) is 12.5. The summed E-state index contributed by atoms with van der Waals surface area (Å²) >= 11 is 1.28. The molecule has 3 rings (SSSR count). The zero-order valence-corrected chi connectivity index (χ0v) is 14.2. The van der Waals surface area contributed by atoms with Gasteiger partial charge in [-0.05, 0) is 19.9 Å². The zero-order chi connectivity index (χ0) is 16.6. The standard InChI is InChI=1S/C13H14N3O5PS/c1-3-20-22(19,21-4-2)12-8-15-10-6-5-9(16(17)18)7-11(10)23-13(15)14-12/h5-8H,3-4H2,1-2H3. The number of nitro groups is 1. The number of rotatable bonds is 6. The second-order valence-electron chi connectivity index (χ2n) is 4.60. The molecule has 23 heavy (non-hydrogen) atoms. The Labute approximate surface area is 135 Å². The monoisotopic (exact) mass is 355 g/mol. The first-order valence-electron chi connectivity index (χ1n) is 6.94. The van der Waals surface area contributed by atoms with Gasteiger partial charge in [0, 0.05) is 18.3 Å². The van der Waals surface area contributed by atoms with Gasteiger partial charge in [0.1, 0.15) is 0 Å². The lowest BCUT2D eigenvalue weighted by Gasteiger charge is -2.13. The van der Waals surface area contributed by atoms with Crippen molar-refractivity contribution in [1.29, 1.82) is 0 Å². The fourth-order valence-corrected chi connectivity index (χ4v) is 4.83. The van der Waals surface area contributed by atoms with Crippen LogP contribution in [0.25, 0.3) is 15.2 Å². The van der Waals surface area contributed by atoms with E-state index in [4.69, 9.17) is 9.05 Å². The highest BCUT2D eigenvalue weighted by atomic mass is 32.1.